The van der Waals surface area contributed by atoms with Crippen molar-refractivity contribution >= 4 is 40.7 Å². The summed E-state index contributed by atoms with van der Waals surface area (Å²) in [5.41, 5.74) is -0.758. The van der Waals surface area contributed by atoms with Crippen LogP contribution in [0.3, 0.4) is 0 Å². The predicted molar refractivity (Wildman–Crippen MR) is 117 cm³/mol. The number of benzene rings is 2. The van der Waals surface area contributed by atoms with Gasteiger partial charge in [0.1, 0.15) is 5.54 Å². The standard InChI is InChI=1S/C24H19ClF3N3O3/c1-11-8-14-19(15(25)9-11)29-22(34)23(14)18-17(16-6-3-7-30(16)23)20(32)31(21(18)33)13-5-2-4-12(10-13)24(26,27)28/h2,4-5,8-10,16-18H,3,6-7H2,1H3,(H,29,34)/t16-,17+,18+,23-/m1/s1. The van der Waals surface area contributed by atoms with Crippen LogP contribution in [0, 0.1) is 18.8 Å². The molecule has 10 heteroatoms. The summed E-state index contributed by atoms with van der Waals surface area (Å²) in [6, 6.07) is 7.33. The zero-order chi connectivity index (χ0) is 24.2. The molecule has 0 unspecified atom stereocenters. The molecule has 176 valence electrons. The van der Waals surface area contributed by atoms with E-state index >= 15 is 0 Å². The number of nitrogens with one attached hydrogen (secondary N) is 1. The third-order valence-electron chi connectivity index (χ3n) is 7.63. The monoisotopic (exact) mass is 489 g/mol. The van der Waals surface area contributed by atoms with Gasteiger partial charge in [-0.25, -0.2) is 4.90 Å². The van der Waals surface area contributed by atoms with Crippen molar-refractivity contribution in [1.82, 2.24) is 4.90 Å². The molecule has 34 heavy (non-hydrogen) atoms. The number of amides is 3. The summed E-state index contributed by atoms with van der Waals surface area (Å²) in [6.45, 7) is 2.35. The number of carbonyl (C=O) groups excluding carboxylic acids is 3. The Hall–Kier alpha value is -2.91. The molecule has 6 nitrogen and oxygen atoms in total. The third kappa shape index (κ3) is 2.54. The van der Waals surface area contributed by atoms with Crippen molar-refractivity contribution in [3.8, 4) is 0 Å². The van der Waals surface area contributed by atoms with Gasteiger partial charge < -0.3 is 5.32 Å². The van der Waals surface area contributed by atoms with Gasteiger partial charge in [-0.05, 0) is 56.1 Å². The lowest BCUT2D eigenvalue weighted by atomic mass is 9.75. The number of carbonyl (C=O) groups is 3. The number of hydrogen-bond donors (Lipinski definition) is 1. The van der Waals surface area contributed by atoms with Crippen LogP contribution >= 0.6 is 11.6 Å². The largest absolute Gasteiger partial charge is 0.416 e. The fraction of sp³-hybridized carbons (Fsp3) is 0.375. The van der Waals surface area contributed by atoms with Gasteiger partial charge in [-0.1, -0.05) is 23.7 Å². The summed E-state index contributed by atoms with van der Waals surface area (Å²) < 4.78 is 40.0. The minimum atomic E-state index is -4.63. The number of hydrogen-bond acceptors (Lipinski definition) is 4. The quantitative estimate of drug-likeness (QED) is 0.612. The lowest BCUT2D eigenvalue weighted by molar-refractivity contribution is -0.137. The zero-order valence-corrected chi connectivity index (χ0v) is 18.7. The molecule has 0 bridgehead atoms. The lowest BCUT2D eigenvalue weighted by Gasteiger charge is -2.36. The molecule has 3 saturated heterocycles. The Morgan fingerprint density at radius 2 is 1.88 bits per heavy atom. The Balaban J connectivity index is 1.54. The zero-order valence-electron chi connectivity index (χ0n) is 17.9. The molecule has 4 aliphatic heterocycles. The Kier molecular flexibility index (Phi) is 4.34. The maximum atomic E-state index is 13.9. The van der Waals surface area contributed by atoms with Gasteiger partial charge in [-0.3, -0.25) is 19.3 Å². The number of rotatable bonds is 1. The van der Waals surface area contributed by atoms with E-state index in [4.69, 9.17) is 11.6 Å². The lowest BCUT2D eigenvalue weighted by Crippen LogP contribution is -2.54. The molecule has 2 aromatic carbocycles. The van der Waals surface area contributed by atoms with Crippen LogP contribution in [0.1, 0.15) is 29.5 Å². The number of fused-ring (bicyclic) bond motifs is 7. The number of aryl methyl sites for hydroxylation is 1. The van der Waals surface area contributed by atoms with Crippen molar-refractivity contribution < 1.29 is 27.6 Å². The predicted octanol–water partition coefficient (Wildman–Crippen LogP) is 4.10. The van der Waals surface area contributed by atoms with Crippen LogP contribution in [0.25, 0.3) is 0 Å². The molecule has 3 amide bonds. The smallest absolute Gasteiger partial charge is 0.323 e. The van der Waals surface area contributed by atoms with Gasteiger partial charge in [-0.15, -0.1) is 0 Å². The van der Waals surface area contributed by atoms with Gasteiger partial charge in [0.15, 0.2) is 0 Å². The second kappa shape index (κ2) is 6.82. The first-order valence-electron chi connectivity index (χ1n) is 11.0. The van der Waals surface area contributed by atoms with Crippen molar-refractivity contribution in [2.24, 2.45) is 11.8 Å². The summed E-state index contributed by atoms with van der Waals surface area (Å²) >= 11 is 6.44. The molecule has 0 aliphatic carbocycles. The van der Waals surface area contributed by atoms with E-state index in [9.17, 15) is 27.6 Å². The summed E-state index contributed by atoms with van der Waals surface area (Å²) in [5.74, 6) is -3.55. The van der Waals surface area contributed by atoms with E-state index in [-0.39, 0.29) is 11.7 Å². The average molecular weight is 490 g/mol. The number of halogens is 4. The van der Waals surface area contributed by atoms with Crippen LogP contribution in [-0.4, -0.2) is 35.2 Å². The molecule has 4 atom stereocenters. The highest BCUT2D eigenvalue weighted by Gasteiger charge is 2.74. The average Bonchev–Trinajstić information content (AvgIpc) is 3.47. The van der Waals surface area contributed by atoms with E-state index in [1.54, 1.807) is 6.07 Å². The second-order valence-corrected chi connectivity index (χ2v) is 9.76. The molecule has 6 rings (SSSR count). The first-order valence-corrected chi connectivity index (χ1v) is 11.4. The maximum Gasteiger partial charge on any atom is 0.416 e. The fourth-order valence-corrected chi connectivity index (χ4v) is 6.79. The SMILES string of the molecule is Cc1cc(Cl)c2c(c1)[C@]1(C(=O)N2)[C@@H]2C(=O)N(c3cccc(C(F)(F)F)c3)C(=O)[C@H]2[C@H]2CCCN21. The third-order valence-corrected chi connectivity index (χ3v) is 7.93. The van der Waals surface area contributed by atoms with Crippen LogP contribution in [0.15, 0.2) is 36.4 Å². The van der Waals surface area contributed by atoms with Gasteiger partial charge in [0.25, 0.3) is 5.91 Å². The van der Waals surface area contributed by atoms with E-state index in [0.717, 1.165) is 29.0 Å². The first kappa shape index (κ1) is 21.6. The van der Waals surface area contributed by atoms with E-state index in [0.29, 0.717) is 29.2 Å². The second-order valence-electron chi connectivity index (χ2n) is 9.36. The maximum absolute atomic E-state index is 13.9. The summed E-state index contributed by atoms with van der Waals surface area (Å²) in [5, 5.41) is 3.17. The van der Waals surface area contributed by atoms with Gasteiger partial charge in [0.2, 0.25) is 11.8 Å². The Labute approximate surface area is 197 Å². The Morgan fingerprint density at radius 3 is 2.62 bits per heavy atom. The molecule has 4 heterocycles. The van der Waals surface area contributed by atoms with Gasteiger partial charge in [0.05, 0.1) is 33.8 Å². The first-order chi connectivity index (χ1) is 16.1. The van der Waals surface area contributed by atoms with Crippen LogP contribution in [0.5, 0.6) is 0 Å². The summed E-state index contributed by atoms with van der Waals surface area (Å²) in [4.78, 5) is 43.9. The highest BCUT2D eigenvalue weighted by Crippen LogP contribution is 2.61. The molecule has 1 spiro atoms. The van der Waals surface area contributed by atoms with E-state index in [1.807, 2.05) is 17.9 Å². The number of imide groups is 1. The Bertz CT molecular complexity index is 1300. The van der Waals surface area contributed by atoms with Gasteiger partial charge in [0, 0.05) is 11.6 Å². The van der Waals surface area contributed by atoms with Crippen molar-refractivity contribution in [3.63, 3.8) is 0 Å². The number of nitrogens with zero attached hydrogens (tertiary/aromatic N) is 2. The van der Waals surface area contributed by atoms with Crippen molar-refractivity contribution in [2.75, 3.05) is 16.8 Å². The van der Waals surface area contributed by atoms with E-state index in [1.165, 1.54) is 12.1 Å². The van der Waals surface area contributed by atoms with E-state index < -0.39 is 46.8 Å². The molecular formula is C24H19ClF3N3O3. The van der Waals surface area contributed by atoms with Crippen molar-refractivity contribution in [2.45, 2.75) is 37.5 Å². The van der Waals surface area contributed by atoms with Crippen LogP contribution in [-0.2, 0) is 26.1 Å². The Morgan fingerprint density at radius 1 is 1.12 bits per heavy atom. The fourth-order valence-electron chi connectivity index (χ4n) is 6.47. The summed E-state index contributed by atoms with van der Waals surface area (Å²) in [7, 11) is 0. The molecule has 0 radical (unpaired) electrons. The van der Waals surface area contributed by atoms with Gasteiger partial charge >= 0.3 is 6.18 Å². The minimum absolute atomic E-state index is 0.139. The number of anilines is 2. The van der Waals surface area contributed by atoms with Gasteiger partial charge in [-0.2, -0.15) is 13.2 Å². The molecular weight excluding hydrogens is 471 g/mol. The van der Waals surface area contributed by atoms with Crippen LogP contribution in [0.2, 0.25) is 5.02 Å². The van der Waals surface area contributed by atoms with Crippen LogP contribution in [0.4, 0.5) is 24.5 Å². The molecule has 4 aliphatic rings. The highest BCUT2D eigenvalue weighted by atomic mass is 35.5. The van der Waals surface area contributed by atoms with Crippen molar-refractivity contribution in [1.29, 1.82) is 0 Å². The minimum Gasteiger partial charge on any atom is -0.323 e. The van der Waals surface area contributed by atoms with Crippen LogP contribution < -0.4 is 10.2 Å². The van der Waals surface area contributed by atoms with Crippen molar-refractivity contribution in [3.05, 3.63) is 58.1 Å². The summed E-state index contributed by atoms with van der Waals surface area (Å²) in [6.07, 6.45) is -3.27. The molecule has 0 aromatic heterocycles. The molecule has 2 aromatic rings. The molecule has 3 fully saturated rings. The topological polar surface area (TPSA) is 69.7 Å². The number of alkyl halides is 3. The normalized spacial score (nSPS) is 30.2. The molecule has 0 saturated carbocycles. The van der Waals surface area contributed by atoms with E-state index in [2.05, 4.69) is 5.32 Å². The molecule has 1 N–H and O–H groups in total. The highest BCUT2D eigenvalue weighted by molar-refractivity contribution is 6.35.